The van der Waals surface area contributed by atoms with Crippen molar-refractivity contribution in [3.05, 3.63) is 24.5 Å². The fraction of sp³-hybridized carbons (Fsp3) is 0.538. The fourth-order valence-corrected chi connectivity index (χ4v) is 2.19. The van der Waals surface area contributed by atoms with Gasteiger partial charge in [0.15, 0.2) is 5.65 Å². The molecule has 5 nitrogen and oxygen atoms in total. The van der Waals surface area contributed by atoms with Crippen molar-refractivity contribution in [2.45, 2.75) is 32.7 Å². The van der Waals surface area contributed by atoms with Crippen LogP contribution in [0.4, 0.5) is 5.82 Å². The zero-order valence-corrected chi connectivity index (χ0v) is 11.0. The molecule has 2 rings (SSSR count). The molecule has 2 heterocycles. The van der Waals surface area contributed by atoms with Gasteiger partial charge in [-0.05, 0) is 12.0 Å². The molecule has 1 atom stereocenters. The van der Waals surface area contributed by atoms with Crippen LogP contribution in [0.3, 0.4) is 0 Å². The molecule has 0 radical (unpaired) electrons. The van der Waals surface area contributed by atoms with Crippen LogP contribution in [0.15, 0.2) is 24.5 Å². The molecule has 0 spiro atoms. The molecule has 0 bridgehead atoms. The summed E-state index contributed by atoms with van der Waals surface area (Å²) in [6.07, 6.45) is 5.87. The van der Waals surface area contributed by atoms with E-state index < -0.39 is 0 Å². The Balaban J connectivity index is 1.96. The second kappa shape index (κ2) is 5.82. The Bertz CT molecular complexity index is 489. The minimum atomic E-state index is 0.169. The lowest BCUT2D eigenvalue weighted by atomic mass is 9.95. The molecule has 2 aromatic heterocycles. The Kier molecular flexibility index (Phi) is 4.15. The monoisotopic (exact) mass is 247 g/mol. The van der Waals surface area contributed by atoms with Crippen molar-refractivity contribution in [2.75, 3.05) is 11.9 Å². The van der Waals surface area contributed by atoms with E-state index in [0.717, 1.165) is 30.9 Å². The van der Waals surface area contributed by atoms with Crippen molar-refractivity contribution in [1.29, 1.82) is 0 Å². The largest absolute Gasteiger partial charge is 0.368 e. The molecule has 18 heavy (non-hydrogen) atoms. The van der Waals surface area contributed by atoms with E-state index in [-0.39, 0.29) is 6.04 Å². The second-order valence-corrected chi connectivity index (χ2v) is 4.57. The number of aromatic nitrogens is 3. The van der Waals surface area contributed by atoms with Crippen LogP contribution in [0.1, 0.15) is 26.7 Å². The molecule has 98 valence electrons. The number of anilines is 1. The van der Waals surface area contributed by atoms with E-state index in [1.54, 1.807) is 10.7 Å². The van der Waals surface area contributed by atoms with Crippen LogP contribution in [0, 0.1) is 5.92 Å². The Morgan fingerprint density at radius 3 is 2.83 bits per heavy atom. The van der Waals surface area contributed by atoms with Gasteiger partial charge in [0.25, 0.3) is 0 Å². The summed E-state index contributed by atoms with van der Waals surface area (Å²) in [5.74, 6) is 1.42. The SMILES string of the molecule is CCC(CC)C(N)CNc1ccn2nccc2n1. The minimum Gasteiger partial charge on any atom is -0.368 e. The first kappa shape index (κ1) is 12.8. The molecule has 0 aromatic carbocycles. The van der Waals surface area contributed by atoms with Crippen LogP contribution >= 0.6 is 0 Å². The van der Waals surface area contributed by atoms with Gasteiger partial charge in [-0.15, -0.1) is 0 Å². The topological polar surface area (TPSA) is 68.2 Å². The molecule has 0 saturated heterocycles. The van der Waals surface area contributed by atoms with E-state index in [1.165, 1.54) is 0 Å². The van der Waals surface area contributed by atoms with Gasteiger partial charge in [-0.25, -0.2) is 9.50 Å². The quantitative estimate of drug-likeness (QED) is 0.818. The van der Waals surface area contributed by atoms with Gasteiger partial charge in [0, 0.05) is 24.8 Å². The standard InChI is InChI=1S/C13H21N5/c1-3-10(4-2)11(14)9-15-12-6-8-18-13(17-12)5-7-16-18/h5-8,10-11H,3-4,9,14H2,1-2H3,(H,15,17). The van der Waals surface area contributed by atoms with Crippen molar-refractivity contribution < 1.29 is 0 Å². The first-order valence-electron chi connectivity index (χ1n) is 6.54. The molecule has 0 aliphatic rings. The fourth-order valence-electron chi connectivity index (χ4n) is 2.19. The summed E-state index contributed by atoms with van der Waals surface area (Å²) in [5, 5.41) is 7.41. The summed E-state index contributed by atoms with van der Waals surface area (Å²) < 4.78 is 1.74. The summed E-state index contributed by atoms with van der Waals surface area (Å²) in [5.41, 5.74) is 7.02. The van der Waals surface area contributed by atoms with E-state index in [9.17, 15) is 0 Å². The van der Waals surface area contributed by atoms with E-state index in [1.807, 2.05) is 18.3 Å². The van der Waals surface area contributed by atoms with Crippen LogP contribution in [0.5, 0.6) is 0 Å². The third kappa shape index (κ3) is 2.79. The van der Waals surface area contributed by atoms with Crippen molar-refractivity contribution >= 4 is 11.5 Å². The molecule has 1 unspecified atom stereocenters. The molecule has 0 aliphatic heterocycles. The molecule has 0 saturated carbocycles. The van der Waals surface area contributed by atoms with Gasteiger partial charge in [-0.3, -0.25) is 0 Å². The van der Waals surface area contributed by atoms with E-state index in [0.29, 0.717) is 5.92 Å². The molecule has 2 aromatic rings. The second-order valence-electron chi connectivity index (χ2n) is 4.57. The first-order valence-corrected chi connectivity index (χ1v) is 6.54. The molecular weight excluding hydrogens is 226 g/mol. The lowest BCUT2D eigenvalue weighted by Gasteiger charge is -2.21. The Morgan fingerprint density at radius 1 is 1.33 bits per heavy atom. The Hall–Kier alpha value is -1.62. The van der Waals surface area contributed by atoms with Gasteiger partial charge in [-0.1, -0.05) is 26.7 Å². The van der Waals surface area contributed by atoms with E-state index in [2.05, 4.69) is 29.2 Å². The molecule has 0 amide bonds. The lowest BCUT2D eigenvalue weighted by Crippen LogP contribution is -2.36. The Morgan fingerprint density at radius 2 is 2.11 bits per heavy atom. The minimum absolute atomic E-state index is 0.169. The van der Waals surface area contributed by atoms with Gasteiger partial charge in [0.2, 0.25) is 0 Å². The number of nitrogens with zero attached hydrogens (tertiary/aromatic N) is 3. The maximum Gasteiger partial charge on any atom is 0.157 e. The lowest BCUT2D eigenvalue weighted by molar-refractivity contribution is 0.407. The summed E-state index contributed by atoms with van der Waals surface area (Å²) in [4.78, 5) is 4.45. The van der Waals surface area contributed by atoms with Crippen LogP contribution < -0.4 is 11.1 Å². The number of fused-ring (bicyclic) bond motifs is 1. The molecule has 3 N–H and O–H groups in total. The average Bonchev–Trinajstić information content (AvgIpc) is 2.85. The van der Waals surface area contributed by atoms with Crippen LogP contribution in [0.25, 0.3) is 5.65 Å². The molecular formula is C13H21N5. The van der Waals surface area contributed by atoms with Gasteiger partial charge >= 0.3 is 0 Å². The highest BCUT2D eigenvalue weighted by atomic mass is 15.2. The predicted molar refractivity (Wildman–Crippen MR) is 73.5 cm³/mol. The summed E-state index contributed by atoms with van der Waals surface area (Å²) in [6, 6.07) is 3.97. The normalized spacial score (nSPS) is 13.1. The maximum atomic E-state index is 6.17. The highest BCUT2D eigenvalue weighted by Crippen LogP contribution is 2.12. The van der Waals surface area contributed by atoms with Gasteiger partial charge in [-0.2, -0.15) is 5.10 Å². The summed E-state index contributed by atoms with van der Waals surface area (Å²) in [7, 11) is 0. The van der Waals surface area contributed by atoms with Gasteiger partial charge in [0.05, 0.1) is 6.20 Å². The highest BCUT2D eigenvalue weighted by molar-refractivity contribution is 5.45. The number of hydrogen-bond donors (Lipinski definition) is 2. The third-order valence-electron chi connectivity index (χ3n) is 3.43. The smallest absolute Gasteiger partial charge is 0.157 e. The van der Waals surface area contributed by atoms with Crippen LogP contribution in [-0.4, -0.2) is 27.2 Å². The van der Waals surface area contributed by atoms with Crippen molar-refractivity contribution in [1.82, 2.24) is 14.6 Å². The summed E-state index contributed by atoms with van der Waals surface area (Å²) >= 11 is 0. The van der Waals surface area contributed by atoms with Crippen LogP contribution in [-0.2, 0) is 0 Å². The zero-order chi connectivity index (χ0) is 13.0. The van der Waals surface area contributed by atoms with Crippen LogP contribution in [0.2, 0.25) is 0 Å². The molecule has 0 aliphatic carbocycles. The number of nitrogens with one attached hydrogen (secondary N) is 1. The van der Waals surface area contributed by atoms with Crippen molar-refractivity contribution in [2.24, 2.45) is 11.7 Å². The summed E-state index contributed by atoms with van der Waals surface area (Å²) in [6.45, 7) is 5.12. The number of hydrogen-bond acceptors (Lipinski definition) is 4. The van der Waals surface area contributed by atoms with Gasteiger partial charge < -0.3 is 11.1 Å². The third-order valence-corrected chi connectivity index (χ3v) is 3.43. The van der Waals surface area contributed by atoms with Crippen molar-refractivity contribution in [3.8, 4) is 0 Å². The van der Waals surface area contributed by atoms with Crippen molar-refractivity contribution in [3.63, 3.8) is 0 Å². The van der Waals surface area contributed by atoms with E-state index in [4.69, 9.17) is 5.73 Å². The number of nitrogens with two attached hydrogens (primary N) is 1. The zero-order valence-electron chi connectivity index (χ0n) is 11.0. The molecule has 0 fully saturated rings. The Labute approximate surface area is 107 Å². The molecule has 5 heteroatoms. The van der Waals surface area contributed by atoms with E-state index >= 15 is 0 Å². The highest BCUT2D eigenvalue weighted by Gasteiger charge is 2.13. The number of rotatable bonds is 6. The first-order chi connectivity index (χ1) is 8.74. The average molecular weight is 247 g/mol. The van der Waals surface area contributed by atoms with Gasteiger partial charge in [0.1, 0.15) is 5.82 Å². The predicted octanol–water partition coefficient (Wildman–Crippen LogP) is 1.90. The maximum absolute atomic E-state index is 6.17.